The molecule has 1 amide bonds. The van der Waals surface area contributed by atoms with Crippen molar-refractivity contribution in [1.29, 1.82) is 0 Å². The van der Waals surface area contributed by atoms with Crippen LogP contribution in [0.2, 0.25) is 0 Å². The van der Waals surface area contributed by atoms with Crippen LogP contribution in [0, 0.1) is 0 Å². The molecule has 0 saturated heterocycles. The number of alkyl halides is 3. The molecule has 21 heavy (non-hydrogen) atoms. The first-order valence-corrected chi connectivity index (χ1v) is 6.57. The van der Waals surface area contributed by atoms with Gasteiger partial charge in [-0.2, -0.15) is 13.2 Å². The van der Waals surface area contributed by atoms with Crippen molar-refractivity contribution in [2.75, 3.05) is 11.5 Å². The van der Waals surface area contributed by atoms with Crippen molar-refractivity contribution in [3.05, 3.63) is 42.0 Å². The molecule has 1 heterocycles. The number of benzene rings is 1. The molecule has 3 nitrogen and oxygen atoms in total. The first kappa shape index (κ1) is 15.6. The largest absolute Gasteiger partial charge is 0.411 e. The first-order valence-electron chi connectivity index (χ1n) is 6.57. The molecule has 0 bridgehead atoms. The Morgan fingerprint density at radius 1 is 1.24 bits per heavy atom. The quantitative estimate of drug-likeness (QED) is 0.850. The van der Waals surface area contributed by atoms with Gasteiger partial charge in [-0.15, -0.1) is 0 Å². The molecule has 0 N–H and O–H groups in total. The third kappa shape index (κ3) is 3.85. The van der Waals surface area contributed by atoms with Crippen LogP contribution >= 0.6 is 0 Å². The average molecular weight is 299 g/mol. The zero-order chi connectivity index (χ0) is 15.6. The number of hydrogen-bond acceptors (Lipinski definition) is 2. The van der Waals surface area contributed by atoms with Gasteiger partial charge in [-0.25, -0.2) is 0 Å². The van der Waals surface area contributed by atoms with Crippen LogP contribution in [0.3, 0.4) is 0 Å². The maximum Gasteiger partial charge on any atom is 0.411 e. The minimum atomic E-state index is -4.42. The monoisotopic (exact) mass is 299 g/mol. The van der Waals surface area contributed by atoms with E-state index >= 15 is 0 Å². The molecule has 6 heteroatoms. The number of amides is 1. The maximum absolute atomic E-state index is 12.2. The van der Waals surface area contributed by atoms with Crippen LogP contribution in [-0.4, -0.2) is 24.9 Å². The third-order valence-electron chi connectivity index (χ3n) is 3.15. The number of ether oxygens (including phenoxy) is 1. The summed E-state index contributed by atoms with van der Waals surface area (Å²) in [6.07, 6.45) is -2.90. The summed E-state index contributed by atoms with van der Waals surface area (Å²) in [5.74, 6) is -0.0526. The Labute approximate surface area is 121 Å². The van der Waals surface area contributed by atoms with Gasteiger partial charge in [-0.05, 0) is 29.7 Å². The molecule has 1 aliphatic heterocycles. The Bertz CT molecular complexity index is 535. The second kappa shape index (κ2) is 5.89. The zero-order valence-electron chi connectivity index (χ0n) is 11.7. The fraction of sp³-hybridized carbons (Fsp3) is 0.400. The summed E-state index contributed by atoms with van der Waals surface area (Å²) < 4.78 is 41.5. The summed E-state index contributed by atoms with van der Waals surface area (Å²) in [5.41, 5.74) is 1.60. The number of carbonyl (C=O) groups is 1. The molecular formula is C15H16F3NO2. The fourth-order valence-corrected chi connectivity index (χ4v) is 2.06. The zero-order valence-corrected chi connectivity index (χ0v) is 11.7. The van der Waals surface area contributed by atoms with E-state index in [4.69, 9.17) is 4.74 Å². The lowest BCUT2D eigenvalue weighted by Crippen LogP contribution is -2.37. The summed E-state index contributed by atoms with van der Waals surface area (Å²) in [6, 6.07) is 7.13. The molecule has 0 fully saturated rings. The summed E-state index contributed by atoms with van der Waals surface area (Å²) in [5, 5.41) is 0. The smallest absolute Gasteiger partial charge is 0.345 e. The molecule has 1 atom stereocenters. The maximum atomic E-state index is 12.2. The van der Waals surface area contributed by atoms with E-state index in [1.807, 2.05) is 26.0 Å². The molecule has 0 aromatic heterocycles. The number of hydrogen-bond donors (Lipinski definition) is 0. The molecule has 0 radical (unpaired) electrons. The number of carbonyl (C=O) groups excluding carboxylic acids is 1. The second-order valence-corrected chi connectivity index (χ2v) is 5.13. The van der Waals surface area contributed by atoms with Gasteiger partial charge in [0.2, 0.25) is 0 Å². The Morgan fingerprint density at radius 3 is 2.38 bits per heavy atom. The molecule has 114 valence electrons. The van der Waals surface area contributed by atoms with E-state index in [9.17, 15) is 18.0 Å². The predicted molar refractivity (Wildman–Crippen MR) is 73.0 cm³/mol. The Balaban J connectivity index is 2.14. The Kier molecular flexibility index (Phi) is 4.37. The van der Waals surface area contributed by atoms with Crippen molar-refractivity contribution in [1.82, 2.24) is 0 Å². The average Bonchev–Trinajstić information content (AvgIpc) is 2.77. The van der Waals surface area contributed by atoms with Crippen molar-refractivity contribution in [3.8, 4) is 0 Å². The van der Waals surface area contributed by atoms with Crippen LogP contribution in [0.15, 0.2) is 36.4 Å². The lowest BCUT2D eigenvalue weighted by molar-refractivity contribution is -0.180. The van der Waals surface area contributed by atoms with Gasteiger partial charge in [-0.3, -0.25) is 9.69 Å². The standard InChI is InChI=1S/C15H16F3NO2/c1-10(2)11-3-5-12(6-4-11)19-13(20)7-8-14(19)21-9-15(16,17)18/h3-8,10,14H,9H2,1-2H3. The van der Waals surface area contributed by atoms with Crippen molar-refractivity contribution < 1.29 is 22.7 Å². The lowest BCUT2D eigenvalue weighted by Gasteiger charge is -2.25. The van der Waals surface area contributed by atoms with Gasteiger partial charge in [0.15, 0.2) is 6.23 Å². The summed E-state index contributed by atoms with van der Waals surface area (Å²) >= 11 is 0. The first-order chi connectivity index (χ1) is 9.78. The van der Waals surface area contributed by atoms with Crippen LogP contribution in [-0.2, 0) is 9.53 Å². The molecule has 1 aromatic carbocycles. The van der Waals surface area contributed by atoms with Crippen LogP contribution in [0.5, 0.6) is 0 Å². The highest BCUT2D eigenvalue weighted by Gasteiger charge is 2.34. The van der Waals surface area contributed by atoms with Gasteiger partial charge >= 0.3 is 6.18 Å². The van der Waals surface area contributed by atoms with Gasteiger partial charge in [-0.1, -0.05) is 26.0 Å². The van der Waals surface area contributed by atoms with Crippen molar-refractivity contribution in [2.24, 2.45) is 0 Å². The van der Waals surface area contributed by atoms with E-state index in [1.54, 1.807) is 12.1 Å². The molecule has 2 rings (SSSR count). The van der Waals surface area contributed by atoms with Gasteiger partial charge in [0.05, 0.1) is 0 Å². The van der Waals surface area contributed by atoms with E-state index in [-0.39, 0.29) is 5.91 Å². The van der Waals surface area contributed by atoms with E-state index in [0.29, 0.717) is 11.6 Å². The highest BCUT2D eigenvalue weighted by molar-refractivity contribution is 6.04. The van der Waals surface area contributed by atoms with Crippen LogP contribution < -0.4 is 4.90 Å². The van der Waals surface area contributed by atoms with Gasteiger partial charge < -0.3 is 4.74 Å². The van der Waals surface area contributed by atoms with E-state index in [2.05, 4.69) is 0 Å². The van der Waals surface area contributed by atoms with Gasteiger partial charge in [0, 0.05) is 11.8 Å². The van der Waals surface area contributed by atoms with Gasteiger partial charge in [0.1, 0.15) is 6.61 Å². The molecule has 0 saturated carbocycles. The van der Waals surface area contributed by atoms with Crippen LogP contribution in [0.1, 0.15) is 25.3 Å². The predicted octanol–water partition coefficient (Wildman–Crippen LogP) is 3.62. The number of anilines is 1. The van der Waals surface area contributed by atoms with E-state index < -0.39 is 19.0 Å². The van der Waals surface area contributed by atoms with Crippen LogP contribution in [0.25, 0.3) is 0 Å². The number of halogens is 3. The van der Waals surface area contributed by atoms with Crippen LogP contribution in [0.4, 0.5) is 18.9 Å². The summed E-state index contributed by atoms with van der Waals surface area (Å²) in [4.78, 5) is 13.0. The minimum absolute atomic E-state index is 0.337. The van der Waals surface area contributed by atoms with Crippen molar-refractivity contribution in [3.63, 3.8) is 0 Å². The lowest BCUT2D eigenvalue weighted by atomic mass is 10.0. The number of nitrogens with zero attached hydrogens (tertiary/aromatic N) is 1. The highest BCUT2D eigenvalue weighted by Crippen LogP contribution is 2.26. The molecule has 0 aliphatic carbocycles. The fourth-order valence-electron chi connectivity index (χ4n) is 2.06. The molecular weight excluding hydrogens is 283 g/mol. The Hall–Kier alpha value is -1.82. The van der Waals surface area contributed by atoms with E-state index in [1.165, 1.54) is 17.1 Å². The van der Waals surface area contributed by atoms with Crippen molar-refractivity contribution in [2.45, 2.75) is 32.2 Å². The molecule has 1 aliphatic rings. The highest BCUT2D eigenvalue weighted by atomic mass is 19.4. The van der Waals surface area contributed by atoms with Gasteiger partial charge in [0.25, 0.3) is 5.91 Å². The van der Waals surface area contributed by atoms with E-state index in [0.717, 1.165) is 5.56 Å². The SMILES string of the molecule is CC(C)c1ccc(N2C(=O)C=CC2OCC(F)(F)F)cc1. The summed E-state index contributed by atoms with van der Waals surface area (Å²) in [7, 11) is 0. The summed E-state index contributed by atoms with van der Waals surface area (Å²) in [6.45, 7) is 2.68. The normalized spacial score (nSPS) is 18.9. The second-order valence-electron chi connectivity index (χ2n) is 5.13. The third-order valence-corrected chi connectivity index (χ3v) is 3.15. The molecule has 0 spiro atoms. The van der Waals surface area contributed by atoms with Crippen molar-refractivity contribution >= 4 is 11.6 Å². The molecule has 1 unspecified atom stereocenters. The topological polar surface area (TPSA) is 29.5 Å². The minimum Gasteiger partial charge on any atom is -0.345 e. The molecule has 1 aromatic rings. The number of rotatable bonds is 4. The Morgan fingerprint density at radius 2 is 1.86 bits per heavy atom.